The third-order valence-electron chi connectivity index (χ3n) is 7.74. The molecule has 3 aliphatic heterocycles. The van der Waals surface area contributed by atoms with E-state index in [0.29, 0.717) is 40.4 Å². The van der Waals surface area contributed by atoms with Crippen LogP contribution in [-0.4, -0.2) is 92.3 Å². The number of pyridine rings is 3. The van der Waals surface area contributed by atoms with Crippen molar-refractivity contribution in [3.8, 4) is 28.8 Å². The lowest BCUT2D eigenvalue weighted by molar-refractivity contribution is -0.00876. The first-order valence-corrected chi connectivity index (χ1v) is 13.6. The number of aromatic nitrogens is 4. The summed E-state index contributed by atoms with van der Waals surface area (Å²) in [5.41, 5.74) is 3.70. The Morgan fingerprint density at radius 3 is 2.69 bits per heavy atom. The molecule has 0 radical (unpaired) electrons. The van der Waals surface area contributed by atoms with Crippen LogP contribution in [-0.2, 0) is 6.54 Å². The van der Waals surface area contributed by atoms with Crippen molar-refractivity contribution in [3.63, 3.8) is 0 Å². The number of rotatable bonds is 10. The first kappa shape index (κ1) is 27.3. The Hall–Kier alpha value is -4.93. The lowest BCUT2D eigenvalue weighted by Crippen LogP contribution is -2.68. The van der Waals surface area contributed by atoms with Gasteiger partial charge in [0.05, 0.1) is 37.1 Å². The van der Waals surface area contributed by atoms with Crippen LogP contribution in [0.5, 0.6) is 11.6 Å². The van der Waals surface area contributed by atoms with Crippen molar-refractivity contribution in [2.75, 3.05) is 38.3 Å². The van der Waals surface area contributed by atoms with Crippen molar-refractivity contribution in [2.24, 2.45) is 0 Å². The quantitative estimate of drug-likeness (QED) is 0.256. The molecule has 7 heterocycles. The third kappa shape index (κ3) is 5.50. The van der Waals surface area contributed by atoms with Crippen molar-refractivity contribution >= 4 is 17.4 Å². The van der Waals surface area contributed by atoms with Gasteiger partial charge in [-0.3, -0.25) is 4.90 Å². The highest BCUT2D eigenvalue weighted by atomic mass is 16.5. The van der Waals surface area contributed by atoms with Crippen LogP contribution in [0, 0.1) is 11.3 Å². The van der Waals surface area contributed by atoms with Crippen molar-refractivity contribution < 1.29 is 24.5 Å². The van der Waals surface area contributed by atoms with Gasteiger partial charge < -0.3 is 29.9 Å². The number of amides is 1. The lowest BCUT2D eigenvalue weighted by Gasteiger charge is -2.56. The fraction of sp³-hybridized carbons (Fsp3) is 0.345. The SMILES string of the molecule is COc1ccc(CN2C3CC2CN(c2ccc(-c4cc(OCC(O)CNC(=O)O)cn5ncc(C#N)c45)cn2)C3)cn1. The van der Waals surface area contributed by atoms with Gasteiger partial charge in [0.1, 0.15) is 30.3 Å². The summed E-state index contributed by atoms with van der Waals surface area (Å²) < 4.78 is 12.5. The lowest BCUT2D eigenvalue weighted by atomic mass is 9.87. The van der Waals surface area contributed by atoms with E-state index in [1.54, 1.807) is 30.1 Å². The van der Waals surface area contributed by atoms with Crippen LogP contribution in [0.4, 0.5) is 10.6 Å². The molecule has 0 spiro atoms. The van der Waals surface area contributed by atoms with Crippen LogP contribution in [0.25, 0.3) is 16.6 Å². The number of piperazine rings is 1. The molecule has 0 aromatic carbocycles. The predicted molar refractivity (Wildman–Crippen MR) is 151 cm³/mol. The number of carboxylic acid groups (broad SMARTS) is 1. The molecule has 0 aliphatic carbocycles. The Morgan fingerprint density at radius 2 is 2.02 bits per heavy atom. The summed E-state index contributed by atoms with van der Waals surface area (Å²) in [5.74, 6) is 1.92. The summed E-state index contributed by atoms with van der Waals surface area (Å²) in [6.07, 6.45) is 5.68. The van der Waals surface area contributed by atoms with Crippen LogP contribution < -0.4 is 19.7 Å². The number of piperidine rings is 1. The molecule has 13 nitrogen and oxygen atoms in total. The van der Waals surface area contributed by atoms with E-state index in [0.717, 1.165) is 31.0 Å². The van der Waals surface area contributed by atoms with Crippen molar-refractivity contribution in [2.45, 2.75) is 31.2 Å². The number of aliphatic hydroxyl groups is 1. The minimum absolute atomic E-state index is 0.127. The number of methoxy groups -OCH3 is 1. The molecule has 3 atom stereocenters. The zero-order valence-corrected chi connectivity index (χ0v) is 22.9. The second kappa shape index (κ2) is 11.5. The summed E-state index contributed by atoms with van der Waals surface area (Å²) in [6, 6.07) is 12.8. The third-order valence-corrected chi connectivity index (χ3v) is 7.74. The van der Waals surface area contributed by atoms with E-state index < -0.39 is 12.2 Å². The van der Waals surface area contributed by atoms with Crippen LogP contribution in [0.15, 0.2) is 55.1 Å². The highest BCUT2D eigenvalue weighted by Crippen LogP contribution is 2.36. The number of nitrogens with one attached hydrogen (secondary N) is 1. The zero-order chi connectivity index (χ0) is 29.2. The zero-order valence-electron chi connectivity index (χ0n) is 22.9. The molecular formula is C29H30N8O5. The van der Waals surface area contributed by atoms with Gasteiger partial charge in [-0.2, -0.15) is 10.4 Å². The van der Waals surface area contributed by atoms with E-state index in [4.69, 9.17) is 19.6 Å². The van der Waals surface area contributed by atoms with E-state index >= 15 is 0 Å². The van der Waals surface area contributed by atoms with Gasteiger partial charge >= 0.3 is 6.09 Å². The fourth-order valence-electron chi connectivity index (χ4n) is 5.64. The minimum Gasteiger partial charge on any atom is -0.489 e. The number of carbonyl (C=O) groups is 1. The Morgan fingerprint density at radius 1 is 1.19 bits per heavy atom. The standard InChI is InChI=1S/C29H30N8O5/c1-41-27-5-2-18(9-32-27)13-36-21-6-22(36)15-35(14-21)26-4-3-19(10-31-26)25-7-24(42-17-23(38)12-33-29(39)40)16-37-28(25)20(8-30)11-34-37/h2-5,7,9-11,16,21-23,33,38H,6,12-15,17H2,1H3,(H,39,40). The summed E-state index contributed by atoms with van der Waals surface area (Å²) in [6.45, 7) is 2.35. The second-order valence-electron chi connectivity index (χ2n) is 10.4. The maximum absolute atomic E-state index is 10.7. The van der Waals surface area contributed by atoms with Crippen molar-refractivity contribution in [3.05, 3.63) is 66.2 Å². The number of hydrogen-bond acceptors (Lipinski definition) is 10. The van der Waals surface area contributed by atoms with Crippen molar-refractivity contribution in [1.29, 1.82) is 5.26 Å². The molecule has 3 unspecified atom stereocenters. The molecule has 4 aromatic rings. The Balaban J connectivity index is 1.16. The topological polar surface area (TPSA) is 161 Å². The molecule has 0 saturated carbocycles. The molecule has 3 fully saturated rings. The second-order valence-corrected chi connectivity index (χ2v) is 10.4. The van der Waals surface area contributed by atoms with E-state index in [-0.39, 0.29) is 13.2 Å². The number of nitriles is 1. The van der Waals surface area contributed by atoms with Crippen molar-refractivity contribution in [1.82, 2.24) is 29.8 Å². The van der Waals surface area contributed by atoms with E-state index in [1.807, 2.05) is 24.4 Å². The van der Waals surface area contributed by atoms with Crippen LogP contribution >= 0.6 is 0 Å². The number of ether oxygens (including phenoxy) is 2. The molecule has 3 N–H and O–H groups in total. The fourth-order valence-corrected chi connectivity index (χ4v) is 5.64. The maximum Gasteiger partial charge on any atom is 0.404 e. The maximum atomic E-state index is 10.7. The van der Waals surface area contributed by atoms with Gasteiger partial charge in [0.25, 0.3) is 0 Å². The average molecular weight is 571 g/mol. The van der Waals surface area contributed by atoms with E-state index in [2.05, 4.69) is 37.3 Å². The highest BCUT2D eigenvalue weighted by Gasteiger charge is 2.44. The highest BCUT2D eigenvalue weighted by molar-refractivity contribution is 5.85. The molecule has 3 aliphatic rings. The summed E-state index contributed by atoms with van der Waals surface area (Å²) >= 11 is 0. The number of aliphatic hydroxyl groups excluding tert-OH is 1. The van der Waals surface area contributed by atoms with Gasteiger partial charge in [-0.15, -0.1) is 0 Å². The van der Waals surface area contributed by atoms with Gasteiger partial charge in [0, 0.05) is 61.3 Å². The molecule has 1 amide bonds. The molecule has 2 bridgehead atoms. The number of nitrogens with zero attached hydrogens (tertiary/aromatic N) is 7. The predicted octanol–water partition coefficient (Wildman–Crippen LogP) is 2.14. The van der Waals surface area contributed by atoms with Crippen LogP contribution in [0.2, 0.25) is 0 Å². The normalized spacial score (nSPS) is 18.6. The van der Waals surface area contributed by atoms with E-state index in [9.17, 15) is 15.2 Å². The molecule has 7 rings (SSSR count). The number of hydrogen-bond donors (Lipinski definition) is 3. The summed E-state index contributed by atoms with van der Waals surface area (Å²) in [7, 11) is 1.62. The largest absolute Gasteiger partial charge is 0.489 e. The monoisotopic (exact) mass is 570 g/mol. The molecule has 13 heteroatoms. The minimum atomic E-state index is -1.22. The van der Waals surface area contributed by atoms with Crippen LogP contribution in [0.1, 0.15) is 17.5 Å². The Labute approximate surface area is 241 Å². The molecule has 3 saturated heterocycles. The molecule has 4 aromatic heterocycles. The number of fused-ring (bicyclic) bond motifs is 3. The van der Waals surface area contributed by atoms with Gasteiger partial charge in [0.15, 0.2) is 0 Å². The molecule has 216 valence electrons. The molecular weight excluding hydrogens is 540 g/mol. The van der Waals surface area contributed by atoms with Gasteiger partial charge in [-0.25, -0.2) is 19.3 Å². The van der Waals surface area contributed by atoms with Gasteiger partial charge in [-0.05, 0) is 30.2 Å². The Kier molecular flexibility index (Phi) is 7.47. The first-order chi connectivity index (χ1) is 20.4. The number of anilines is 1. The molecule has 42 heavy (non-hydrogen) atoms. The summed E-state index contributed by atoms with van der Waals surface area (Å²) in [5, 5.41) is 34.9. The average Bonchev–Trinajstić information content (AvgIpc) is 3.44. The van der Waals surface area contributed by atoms with Gasteiger partial charge in [0.2, 0.25) is 5.88 Å². The van der Waals surface area contributed by atoms with Gasteiger partial charge in [-0.1, -0.05) is 6.07 Å². The summed E-state index contributed by atoms with van der Waals surface area (Å²) in [4.78, 5) is 24.6. The first-order valence-electron chi connectivity index (χ1n) is 13.6. The van der Waals surface area contributed by atoms with Crippen LogP contribution in [0.3, 0.4) is 0 Å². The Bertz CT molecular complexity index is 1610. The van der Waals surface area contributed by atoms with E-state index in [1.165, 1.54) is 18.2 Å². The smallest absolute Gasteiger partial charge is 0.404 e.